The summed E-state index contributed by atoms with van der Waals surface area (Å²) in [6.45, 7) is 6.29. The quantitative estimate of drug-likeness (QED) is 0.465. The lowest BCUT2D eigenvalue weighted by atomic mass is 9.86. The topological polar surface area (TPSA) is 100 Å². The van der Waals surface area contributed by atoms with E-state index >= 15 is 0 Å². The molecule has 1 aliphatic carbocycles. The summed E-state index contributed by atoms with van der Waals surface area (Å²) in [5, 5.41) is 10.1. The van der Waals surface area contributed by atoms with Gasteiger partial charge in [-0.1, -0.05) is 11.6 Å². The zero-order chi connectivity index (χ0) is 19.6. The molecule has 0 spiro atoms. The fourth-order valence-electron chi connectivity index (χ4n) is 3.51. The number of carbonyl (C=O) groups is 1. The summed E-state index contributed by atoms with van der Waals surface area (Å²) in [6.07, 6.45) is 4.92. The first-order valence-corrected chi connectivity index (χ1v) is 9.53. The third-order valence-corrected chi connectivity index (χ3v) is 4.94. The van der Waals surface area contributed by atoms with Crippen molar-refractivity contribution < 1.29 is 14.2 Å². The summed E-state index contributed by atoms with van der Waals surface area (Å²) in [7, 11) is 0. The molecule has 1 saturated carbocycles. The van der Waals surface area contributed by atoms with Gasteiger partial charge in [0, 0.05) is 18.2 Å². The Bertz CT molecular complexity index is 837. The van der Waals surface area contributed by atoms with Crippen molar-refractivity contribution in [2.24, 2.45) is 11.1 Å². The molecule has 0 aliphatic heterocycles. The van der Waals surface area contributed by atoms with Gasteiger partial charge in [0.25, 0.3) is 0 Å². The highest BCUT2D eigenvalue weighted by atomic mass is 35.5. The van der Waals surface area contributed by atoms with Crippen LogP contribution in [0.2, 0.25) is 5.15 Å². The number of ether oxygens (including phenoxy) is 1. The molecule has 1 aliphatic rings. The van der Waals surface area contributed by atoms with E-state index in [9.17, 15) is 9.70 Å². The first kappa shape index (κ1) is 19.5. The Balaban J connectivity index is 1.60. The van der Waals surface area contributed by atoms with Gasteiger partial charge in [-0.15, -0.1) is 14.7 Å². The molecule has 0 radical (unpaired) electrons. The Morgan fingerprint density at radius 3 is 2.74 bits per heavy atom. The molecule has 2 N–H and O–H groups in total. The predicted molar refractivity (Wildman–Crippen MR) is 102 cm³/mol. The molecule has 0 unspecified atom stereocenters. The minimum atomic E-state index is -0.493. The van der Waals surface area contributed by atoms with Gasteiger partial charge in [0.1, 0.15) is 16.1 Å². The molecule has 0 saturated heterocycles. The van der Waals surface area contributed by atoms with Crippen molar-refractivity contribution in [3.05, 3.63) is 22.3 Å². The van der Waals surface area contributed by atoms with Gasteiger partial charge in [-0.25, -0.2) is 9.78 Å². The van der Waals surface area contributed by atoms with Gasteiger partial charge < -0.3 is 10.1 Å². The molecule has 2 heterocycles. The maximum Gasteiger partial charge on any atom is 0.407 e. The zero-order valence-electron chi connectivity index (χ0n) is 15.8. The maximum absolute atomic E-state index is 11.9. The molecule has 3 rings (SSSR count). The molecule has 146 valence electrons. The van der Waals surface area contributed by atoms with Crippen LogP contribution in [0.1, 0.15) is 46.5 Å². The summed E-state index contributed by atoms with van der Waals surface area (Å²) in [5.41, 5.74) is 0.325. The van der Waals surface area contributed by atoms with Crippen molar-refractivity contribution >= 4 is 34.4 Å². The van der Waals surface area contributed by atoms with Crippen LogP contribution in [0.4, 0.5) is 10.6 Å². The van der Waals surface area contributed by atoms with Crippen LogP contribution < -0.4 is 10.00 Å². The minimum Gasteiger partial charge on any atom is -0.444 e. The van der Waals surface area contributed by atoms with E-state index in [0.29, 0.717) is 16.5 Å². The Labute approximate surface area is 162 Å². The standard InChI is InChI=1S/C18H24ClN5O3/c1-18(2,3)27-17(25)21-12-6-4-11(5-7-12)10-24-14-8-15(19)20-9-13(14)16(22-24)23-26/h8-9,11-12H,4-7,10H2,1-3H3,(H,21,25)/p+1. The lowest BCUT2D eigenvalue weighted by Gasteiger charge is -2.28. The number of halogens is 1. The first-order valence-electron chi connectivity index (χ1n) is 9.15. The fourth-order valence-corrected chi connectivity index (χ4v) is 3.66. The number of alkyl carbamates (subject to hydrolysis) is 1. The van der Waals surface area contributed by atoms with Crippen LogP contribution in [0, 0.1) is 10.8 Å². The molecular formula is C18H25ClN5O3+. The number of aromatic nitrogens is 3. The molecule has 1 fully saturated rings. The average Bonchev–Trinajstić information content (AvgIpc) is 2.92. The van der Waals surface area contributed by atoms with Crippen molar-refractivity contribution in [3.63, 3.8) is 0 Å². The Hall–Kier alpha value is -2.22. The third-order valence-electron chi connectivity index (χ3n) is 4.74. The molecule has 0 bridgehead atoms. The van der Waals surface area contributed by atoms with Crippen LogP contribution in [0.3, 0.4) is 0 Å². The lowest BCUT2D eigenvalue weighted by Crippen LogP contribution is -2.44. The van der Waals surface area contributed by atoms with Crippen molar-refractivity contribution in [1.29, 1.82) is 0 Å². The molecule has 9 heteroatoms. The van der Waals surface area contributed by atoms with Crippen molar-refractivity contribution in [1.82, 2.24) is 15.4 Å². The SMILES string of the molecule is CC(C)(C)OC(=O)NC1CCC(C[n+]2[nH]c(N=O)c3cnc(Cl)cc32)CC1. The van der Waals surface area contributed by atoms with Gasteiger partial charge in [-0.05, 0) is 51.6 Å². The smallest absolute Gasteiger partial charge is 0.407 e. The number of fused-ring (bicyclic) bond motifs is 1. The fraction of sp³-hybridized carbons (Fsp3) is 0.611. The van der Waals surface area contributed by atoms with Gasteiger partial charge in [0.2, 0.25) is 11.3 Å². The van der Waals surface area contributed by atoms with Crippen molar-refractivity contribution in [2.45, 2.75) is 64.6 Å². The largest absolute Gasteiger partial charge is 0.444 e. The highest BCUT2D eigenvalue weighted by molar-refractivity contribution is 6.30. The van der Waals surface area contributed by atoms with Crippen LogP contribution in [0.5, 0.6) is 0 Å². The maximum atomic E-state index is 11.9. The van der Waals surface area contributed by atoms with Gasteiger partial charge in [-0.3, -0.25) is 0 Å². The third kappa shape index (κ3) is 4.94. The second-order valence-electron chi connectivity index (χ2n) is 8.05. The normalized spacial score (nSPS) is 20.4. The lowest BCUT2D eigenvalue weighted by molar-refractivity contribution is -0.732. The van der Waals surface area contributed by atoms with E-state index in [1.54, 1.807) is 12.3 Å². The number of aromatic amines is 1. The first-order chi connectivity index (χ1) is 12.7. The zero-order valence-corrected chi connectivity index (χ0v) is 16.5. The monoisotopic (exact) mass is 394 g/mol. The van der Waals surface area contributed by atoms with E-state index in [2.05, 4.69) is 20.6 Å². The van der Waals surface area contributed by atoms with Crippen LogP contribution >= 0.6 is 11.6 Å². The summed E-state index contributed by atoms with van der Waals surface area (Å²) in [5.74, 6) is 0.689. The number of hydrogen-bond donors (Lipinski definition) is 2. The molecule has 2 aromatic rings. The van der Waals surface area contributed by atoms with Crippen LogP contribution in [0.15, 0.2) is 17.4 Å². The number of nitrogens with zero attached hydrogens (tertiary/aromatic N) is 3. The molecule has 2 aromatic heterocycles. The minimum absolute atomic E-state index is 0.132. The molecule has 1 amide bonds. The Kier molecular flexibility index (Phi) is 5.64. The second-order valence-corrected chi connectivity index (χ2v) is 8.44. The molecular weight excluding hydrogens is 370 g/mol. The van der Waals surface area contributed by atoms with Crippen LogP contribution in [-0.2, 0) is 11.3 Å². The molecule has 27 heavy (non-hydrogen) atoms. The molecule has 0 atom stereocenters. The number of nitrogens with one attached hydrogen (secondary N) is 2. The number of amides is 1. The Morgan fingerprint density at radius 1 is 1.41 bits per heavy atom. The molecule has 0 aromatic carbocycles. The van der Waals surface area contributed by atoms with E-state index in [-0.39, 0.29) is 18.0 Å². The number of carbonyl (C=O) groups excluding carboxylic acids is 1. The summed E-state index contributed by atoms with van der Waals surface area (Å²) in [4.78, 5) is 27.0. The van der Waals surface area contributed by atoms with E-state index in [1.807, 2.05) is 25.5 Å². The summed E-state index contributed by atoms with van der Waals surface area (Å²) < 4.78 is 7.23. The van der Waals surface area contributed by atoms with E-state index in [4.69, 9.17) is 16.3 Å². The highest BCUT2D eigenvalue weighted by Crippen LogP contribution is 2.27. The van der Waals surface area contributed by atoms with Crippen LogP contribution in [0.25, 0.3) is 10.9 Å². The van der Waals surface area contributed by atoms with Crippen molar-refractivity contribution in [2.75, 3.05) is 0 Å². The predicted octanol–water partition coefficient (Wildman–Crippen LogP) is 3.99. The Morgan fingerprint density at radius 2 is 2.11 bits per heavy atom. The van der Waals surface area contributed by atoms with E-state index < -0.39 is 5.60 Å². The summed E-state index contributed by atoms with van der Waals surface area (Å²) in [6, 6.07) is 1.87. The van der Waals surface area contributed by atoms with Gasteiger partial charge >= 0.3 is 6.09 Å². The van der Waals surface area contributed by atoms with Gasteiger partial charge in [0.05, 0.1) is 6.07 Å². The summed E-state index contributed by atoms with van der Waals surface area (Å²) >= 11 is 6.00. The number of hydrogen-bond acceptors (Lipinski definition) is 5. The van der Waals surface area contributed by atoms with E-state index in [0.717, 1.165) is 37.7 Å². The number of rotatable bonds is 4. The highest BCUT2D eigenvalue weighted by Gasteiger charge is 2.29. The average molecular weight is 395 g/mol. The molecule has 8 nitrogen and oxygen atoms in total. The van der Waals surface area contributed by atoms with Crippen LogP contribution in [-0.4, -0.2) is 27.8 Å². The van der Waals surface area contributed by atoms with Gasteiger partial charge in [0.15, 0.2) is 6.54 Å². The van der Waals surface area contributed by atoms with Gasteiger partial charge in [-0.2, -0.15) is 0 Å². The second kappa shape index (κ2) is 7.80. The van der Waals surface area contributed by atoms with Crippen molar-refractivity contribution in [3.8, 4) is 0 Å². The number of pyridine rings is 1. The number of H-pyrrole nitrogens is 1. The number of nitroso groups, excluding NO2 is 1. The van der Waals surface area contributed by atoms with E-state index in [1.165, 1.54) is 0 Å².